The standard InChI is InChI=1S/C15H13NO9S2/c1-8-11(13(17)23-2)15(26-12(8)14(18)24-3)27(21,22)25-10-7-5-4-6-9(10)16(19)20/h4-7H,1-3H3. The number of carbonyl (C=O) groups is 2. The van der Waals surface area contributed by atoms with E-state index < -0.39 is 48.2 Å². The molecule has 1 heterocycles. The summed E-state index contributed by atoms with van der Waals surface area (Å²) in [6.07, 6.45) is 0. The minimum Gasteiger partial charge on any atom is -0.465 e. The van der Waals surface area contributed by atoms with Crippen molar-refractivity contribution in [3.63, 3.8) is 0 Å². The molecule has 1 aromatic carbocycles. The minimum absolute atomic E-state index is 0.0310. The molecule has 0 aliphatic rings. The normalized spacial score (nSPS) is 10.9. The molecule has 0 atom stereocenters. The van der Waals surface area contributed by atoms with E-state index >= 15 is 0 Å². The van der Waals surface area contributed by atoms with E-state index in [2.05, 4.69) is 9.47 Å². The van der Waals surface area contributed by atoms with E-state index in [-0.39, 0.29) is 10.4 Å². The van der Waals surface area contributed by atoms with E-state index in [4.69, 9.17) is 4.18 Å². The minimum atomic E-state index is -4.69. The van der Waals surface area contributed by atoms with E-state index in [0.29, 0.717) is 11.3 Å². The van der Waals surface area contributed by atoms with Crippen molar-refractivity contribution in [3.8, 4) is 5.75 Å². The fourth-order valence-electron chi connectivity index (χ4n) is 2.12. The molecule has 0 radical (unpaired) electrons. The van der Waals surface area contributed by atoms with Crippen LogP contribution in [0, 0.1) is 17.0 Å². The molecule has 2 rings (SSSR count). The summed E-state index contributed by atoms with van der Waals surface area (Å²) >= 11 is 0.445. The van der Waals surface area contributed by atoms with Gasteiger partial charge >= 0.3 is 27.7 Å². The van der Waals surface area contributed by atoms with Crippen molar-refractivity contribution >= 4 is 39.1 Å². The Bertz CT molecular complexity index is 1020. The van der Waals surface area contributed by atoms with Crippen LogP contribution >= 0.6 is 11.3 Å². The zero-order chi connectivity index (χ0) is 20.4. The van der Waals surface area contributed by atoms with E-state index in [1.54, 1.807) is 0 Å². The number of para-hydroxylation sites is 2. The van der Waals surface area contributed by atoms with Gasteiger partial charge in [-0.15, -0.1) is 11.3 Å². The van der Waals surface area contributed by atoms with Gasteiger partial charge in [-0.25, -0.2) is 9.59 Å². The fraction of sp³-hybridized carbons (Fsp3) is 0.200. The summed E-state index contributed by atoms with van der Waals surface area (Å²) in [7, 11) is -2.56. The second-order valence-corrected chi connectivity index (χ2v) is 7.73. The molecule has 144 valence electrons. The number of ether oxygens (including phenoxy) is 2. The summed E-state index contributed by atoms with van der Waals surface area (Å²) in [6.45, 7) is 1.35. The number of benzene rings is 1. The zero-order valence-electron chi connectivity index (χ0n) is 14.2. The number of nitro benzene ring substituents is 1. The Hall–Kier alpha value is -2.99. The van der Waals surface area contributed by atoms with Crippen LogP contribution in [0.25, 0.3) is 0 Å². The molecule has 10 nitrogen and oxygen atoms in total. The zero-order valence-corrected chi connectivity index (χ0v) is 15.9. The summed E-state index contributed by atoms with van der Waals surface area (Å²) in [4.78, 5) is 34.0. The molecule has 0 aliphatic carbocycles. The maximum absolute atomic E-state index is 12.7. The van der Waals surface area contributed by atoms with Crippen molar-refractivity contribution in [2.45, 2.75) is 11.1 Å². The van der Waals surface area contributed by atoms with Gasteiger partial charge in [0.05, 0.1) is 24.7 Å². The third kappa shape index (κ3) is 3.90. The number of thiophene rings is 1. The van der Waals surface area contributed by atoms with Crippen LogP contribution in [0.2, 0.25) is 0 Å². The molecule has 0 spiro atoms. The smallest absolute Gasteiger partial charge is 0.349 e. The van der Waals surface area contributed by atoms with Crippen molar-refractivity contribution < 1.29 is 36.6 Å². The summed E-state index contributed by atoms with van der Waals surface area (Å²) < 4.78 is 38.8. The van der Waals surface area contributed by atoms with E-state index in [0.717, 1.165) is 26.4 Å². The average molecular weight is 415 g/mol. The van der Waals surface area contributed by atoms with E-state index in [1.165, 1.54) is 19.1 Å². The molecule has 0 aliphatic heterocycles. The SMILES string of the molecule is COC(=O)c1sc(S(=O)(=O)Oc2ccccc2[N+](=O)[O-])c(C(=O)OC)c1C. The van der Waals surface area contributed by atoms with Gasteiger partial charge in [0.15, 0.2) is 4.21 Å². The molecular weight excluding hydrogens is 402 g/mol. The third-order valence-corrected chi connectivity index (χ3v) is 6.35. The lowest BCUT2D eigenvalue weighted by molar-refractivity contribution is -0.385. The second-order valence-electron chi connectivity index (χ2n) is 4.96. The average Bonchev–Trinajstić information content (AvgIpc) is 2.98. The van der Waals surface area contributed by atoms with Crippen molar-refractivity contribution in [2.75, 3.05) is 14.2 Å². The predicted octanol–water partition coefficient (Wildman–Crippen LogP) is 2.31. The Labute approximate surface area is 157 Å². The van der Waals surface area contributed by atoms with Crippen LogP contribution in [0.1, 0.15) is 25.6 Å². The molecule has 0 amide bonds. The van der Waals surface area contributed by atoms with Crippen LogP contribution in [-0.4, -0.2) is 39.5 Å². The quantitative estimate of drug-likeness (QED) is 0.301. The largest absolute Gasteiger partial charge is 0.465 e. The molecule has 0 saturated carbocycles. The number of nitrogens with zero attached hydrogens (tertiary/aromatic N) is 1. The maximum atomic E-state index is 12.7. The van der Waals surface area contributed by atoms with Gasteiger partial charge in [0, 0.05) is 6.07 Å². The van der Waals surface area contributed by atoms with Crippen LogP contribution in [0.4, 0.5) is 5.69 Å². The molecule has 0 saturated heterocycles. The Morgan fingerprint density at radius 3 is 2.26 bits per heavy atom. The summed E-state index contributed by atoms with van der Waals surface area (Å²) in [6, 6.07) is 4.83. The highest BCUT2D eigenvalue weighted by atomic mass is 32.3. The third-order valence-electron chi connectivity index (χ3n) is 3.36. The van der Waals surface area contributed by atoms with Gasteiger partial charge in [0.2, 0.25) is 5.75 Å². The van der Waals surface area contributed by atoms with Gasteiger partial charge in [0.1, 0.15) is 4.88 Å². The van der Waals surface area contributed by atoms with Gasteiger partial charge < -0.3 is 13.7 Å². The number of rotatable bonds is 6. The van der Waals surface area contributed by atoms with Gasteiger partial charge in [0.25, 0.3) is 0 Å². The highest BCUT2D eigenvalue weighted by Crippen LogP contribution is 2.36. The first-order chi connectivity index (χ1) is 12.6. The molecule has 2 aromatic rings. The molecule has 1 aromatic heterocycles. The Balaban J connectivity index is 2.64. The maximum Gasteiger partial charge on any atom is 0.349 e. The monoisotopic (exact) mass is 415 g/mol. The molecule has 0 unspecified atom stereocenters. The Morgan fingerprint density at radius 2 is 1.70 bits per heavy atom. The topological polar surface area (TPSA) is 139 Å². The Morgan fingerprint density at radius 1 is 1.11 bits per heavy atom. The molecule has 0 N–H and O–H groups in total. The molecule has 0 fully saturated rings. The lowest BCUT2D eigenvalue weighted by Gasteiger charge is -2.07. The van der Waals surface area contributed by atoms with Crippen molar-refractivity contribution in [1.82, 2.24) is 0 Å². The molecular formula is C15H13NO9S2. The van der Waals surface area contributed by atoms with E-state index in [1.807, 2.05) is 0 Å². The van der Waals surface area contributed by atoms with Crippen molar-refractivity contribution in [1.29, 1.82) is 0 Å². The number of hydrogen-bond acceptors (Lipinski definition) is 10. The molecule has 27 heavy (non-hydrogen) atoms. The summed E-state index contributed by atoms with van der Waals surface area (Å²) in [5, 5.41) is 11.1. The van der Waals surface area contributed by atoms with Gasteiger partial charge in [-0.2, -0.15) is 8.42 Å². The van der Waals surface area contributed by atoms with Gasteiger partial charge in [-0.05, 0) is 18.6 Å². The number of nitro groups is 1. The van der Waals surface area contributed by atoms with Gasteiger partial charge in [-0.3, -0.25) is 10.1 Å². The van der Waals surface area contributed by atoms with Crippen LogP contribution in [0.5, 0.6) is 5.75 Å². The van der Waals surface area contributed by atoms with Gasteiger partial charge in [-0.1, -0.05) is 12.1 Å². The second kappa shape index (κ2) is 7.72. The fourth-order valence-corrected chi connectivity index (χ4v) is 4.77. The highest BCUT2D eigenvalue weighted by molar-refractivity contribution is 7.89. The number of methoxy groups -OCH3 is 2. The number of hydrogen-bond donors (Lipinski definition) is 0. The summed E-state index contributed by atoms with van der Waals surface area (Å²) in [5.41, 5.74) is -0.952. The summed E-state index contributed by atoms with van der Waals surface area (Å²) in [5.74, 6) is -2.40. The predicted molar refractivity (Wildman–Crippen MR) is 92.6 cm³/mol. The van der Waals surface area contributed by atoms with Crippen molar-refractivity contribution in [3.05, 3.63) is 50.4 Å². The Kier molecular flexibility index (Phi) is 5.81. The van der Waals surface area contributed by atoms with Crippen LogP contribution in [0.3, 0.4) is 0 Å². The first-order valence-electron chi connectivity index (χ1n) is 7.12. The lowest BCUT2D eigenvalue weighted by atomic mass is 10.2. The lowest BCUT2D eigenvalue weighted by Crippen LogP contribution is -2.14. The van der Waals surface area contributed by atoms with Crippen LogP contribution in [-0.2, 0) is 19.6 Å². The van der Waals surface area contributed by atoms with Crippen LogP contribution < -0.4 is 4.18 Å². The number of esters is 2. The first kappa shape index (κ1) is 20.3. The molecule has 0 bridgehead atoms. The first-order valence-corrected chi connectivity index (χ1v) is 9.34. The highest BCUT2D eigenvalue weighted by Gasteiger charge is 2.35. The van der Waals surface area contributed by atoms with E-state index in [9.17, 15) is 28.1 Å². The van der Waals surface area contributed by atoms with Crippen molar-refractivity contribution in [2.24, 2.45) is 0 Å². The number of carbonyl (C=O) groups excluding carboxylic acids is 2. The van der Waals surface area contributed by atoms with Crippen LogP contribution in [0.15, 0.2) is 28.5 Å². The molecule has 12 heteroatoms.